The molecule has 9 rings (SSSR count). The first kappa shape index (κ1) is 27.2. The molecule has 1 heteroatoms. The molecule has 1 nitrogen and oxygen atoms in total. The first-order chi connectivity index (χ1) is 23.3. The molecule has 0 spiro atoms. The van der Waals surface area contributed by atoms with Crippen molar-refractivity contribution in [2.75, 3.05) is 4.90 Å². The van der Waals surface area contributed by atoms with E-state index in [1.165, 1.54) is 65.3 Å². The largest absolute Gasteiger partial charge is 0.311 e. The van der Waals surface area contributed by atoms with Crippen molar-refractivity contribution in [3.63, 3.8) is 0 Å². The second kappa shape index (κ2) is 11.3. The number of anilines is 3. The summed E-state index contributed by atoms with van der Waals surface area (Å²) in [4.78, 5) is 2.30. The minimum Gasteiger partial charge on any atom is -0.311 e. The van der Waals surface area contributed by atoms with Gasteiger partial charge in [-0.3, -0.25) is 0 Å². The number of rotatable bonds is 5. The topological polar surface area (TPSA) is 3.24 Å². The molecule has 0 N–H and O–H groups in total. The Bertz CT molecular complexity index is 2490. The van der Waals surface area contributed by atoms with E-state index in [-0.39, 0.29) is 0 Å². The number of fused-ring (bicyclic) bond motifs is 6. The van der Waals surface area contributed by atoms with E-state index in [1.54, 1.807) is 0 Å². The predicted octanol–water partition coefficient (Wildman–Crippen LogP) is 13.1. The van der Waals surface area contributed by atoms with Crippen LogP contribution in [0.25, 0.3) is 65.3 Å². The van der Waals surface area contributed by atoms with Crippen LogP contribution in [-0.2, 0) is 0 Å². The van der Waals surface area contributed by atoms with Gasteiger partial charge in [0, 0.05) is 17.1 Å². The summed E-state index contributed by atoms with van der Waals surface area (Å²) in [5, 5.41) is 10.2. The van der Waals surface area contributed by atoms with Crippen LogP contribution in [0.1, 0.15) is 0 Å². The van der Waals surface area contributed by atoms with E-state index < -0.39 is 0 Å². The highest BCUT2D eigenvalue weighted by Gasteiger charge is 2.14. The van der Waals surface area contributed by atoms with Gasteiger partial charge in [-0.15, -0.1) is 0 Å². The average Bonchev–Trinajstić information content (AvgIpc) is 3.15. The smallest absolute Gasteiger partial charge is 0.0462 e. The molecule has 0 bridgehead atoms. The lowest BCUT2D eigenvalue weighted by atomic mass is 9.89. The van der Waals surface area contributed by atoms with Crippen LogP contribution in [0.2, 0.25) is 0 Å². The minimum atomic E-state index is 1.13. The summed E-state index contributed by atoms with van der Waals surface area (Å²) in [7, 11) is 0. The number of hydrogen-bond acceptors (Lipinski definition) is 1. The van der Waals surface area contributed by atoms with Gasteiger partial charge in [0.1, 0.15) is 0 Å². The summed E-state index contributed by atoms with van der Waals surface area (Å²) in [6.45, 7) is 0. The Morgan fingerprint density at radius 2 is 0.766 bits per heavy atom. The van der Waals surface area contributed by atoms with Gasteiger partial charge in [-0.25, -0.2) is 0 Å². The van der Waals surface area contributed by atoms with Crippen molar-refractivity contribution in [3.05, 3.63) is 188 Å². The van der Waals surface area contributed by atoms with E-state index in [4.69, 9.17) is 0 Å². The van der Waals surface area contributed by atoms with Gasteiger partial charge >= 0.3 is 0 Å². The van der Waals surface area contributed by atoms with E-state index in [0.29, 0.717) is 0 Å². The normalized spacial score (nSPS) is 11.4. The number of para-hydroxylation sites is 2. The van der Waals surface area contributed by atoms with Crippen LogP contribution in [-0.4, -0.2) is 0 Å². The monoisotopic (exact) mass is 597 g/mol. The molecule has 0 aliphatic carbocycles. The zero-order chi connectivity index (χ0) is 31.2. The third-order valence-corrected chi connectivity index (χ3v) is 9.39. The van der Waals surface area contributed by atoms with Crippen molar-refractivity contribution >= 4 is 60.2 Å². The molecule has 9 aromatic rings. The van der Waals surface area contributed by atoms with Crippen LogP contribution >= 0.6 is 0 Å². The van der Waals surface area contributed by atoms with Crippen molar-refractivity contribution in [2.24, 2.45) is 0 Å². The third kappa shape index (κ3) is 4.81. The van der Waals surface area contributed by atoms with Crippen LogP contribution < -0.4 is 4.90 Å². The van der Waals surface area contributed by atoms with Crippen molar-refractivity contribution in [2.45, 2.75) is 0 Å². The zero-order valence-electron chi connectivity index (χ0n) is 25.8. The van der Waals surface area contributed by atoms with Crippen LogP contribution in [0.4, 0.5) is 17.1 Å². The maximum absolute atomic E-state index is 2.36. The van der Waals surface area contributed by atoms with Gasteiger partial charge in [0.2, 0.25) is 0 Å². The molecule has 0 atom stereocenters. The Morgan fingerprint density at radius 1 is 0.277 bits per heavy atom. The molecule has 220 valence electrons. The maximum atomic E-state index is 2.36. The fourth-order valence-corrected chi connectivity index (χ4v) is 7.11. The fourth-order valence-electron chi connectivity index (χ4n) is 7.11. The van der Waals surface area contributed by atoms with E-state index in [2.05, 4.69) is 193 Å². The van der Waals surface area contributed by atoms with E-state index in [9.17, 15) is 0 Å². The lowest BCUT2D eigenvalue weighted by Gasteiger charge is -2.25. The predicted molar refractivity (Wildman–Crippen MR) is 202 cm³/mol. The lowest BCUT2D eigenvalue weighted by molar-refractivity contribution is 1.28. The number of nitrogens with zero attached hydrogens (tertiary/aromatic N) is 1. The molecule has 0 fully saturated rings. The molecule has 0 aromatic heterocycles. The summed E-state index contributed by atoms with van der Waals surface area (Å²) in [5.41, 5.74) is 8.33. The molecule has 0 aliphatic heterocycles. The quantitative estimate of drug-likeness (QED) is 0.178. The minimum absolute atomic E-state index is 1.13. The Balaban J connectivity index is 1.10. The van der Waals surface area contributed by atoms with Crippen molar-refractivity contribution in [3.8, 4) is 22.3 Å². The van der Waals surface area contributed by atoms with Gasteiger partial charge in [-0.2, -0.15) is 0 Å². The number of hydrogen-bond donors (Lipinski definition) is 0. The number of benzene rings is 9. The Hall–Kier alpha value is -6.18. The van der Waals surface area contributed by atoms with Crippen LogP contribution in [0.3, 0.4) is 0 Å². The van der Waals surface area contributed by atoms with Gasteiger partial charge in [0.15, 0.2) is 0 Å². The SMILES string of the molecule is c1ccc(N(c2ccccc2)c2ccc(-c3ccc4cc(-c5cc6ccccc6c6c5ccc5ccccc56)ccc4c3)cc2)cc1. The Labute approximate surface area is 274 Å². The molecule has 0 unspecified atom stereocenters. The summed E-state index contributed by atoms with van der Waals surface area (Å²) < 4.78 is 0. The Morgan fingerprint density at radius 3 is 1.45 bits per heavy atom. The Kier molecular flexibility index (Phi) is 6.54. The summed E-state index contributed by atoms with van der Waals surface area (Å²) in [5.74, 6) is 0. The summed E-state index contributed by atoms with van der Waals surface area (Å²) in [6.07, 6.45) is 0. The van der Waals surface area contributed by atoms with Gasteiger partial charge in [-0.05, 0) is 120 Å². The molecule has 9 aromatic carbocycles. The maximum Gasteiger partial charge on any atom is 0.0462 e. The molecule has 0 heterocycles. The second-order valence-corrected chi connectivity index (χ2v) is 12.2. The fraction of sp³-hybridized carbons (Fsp3) is 0. The van der Waals surface area contributed by atoms with Crippen molar-refractivity contribution < 1.29 is 0 Å². The molecule has 0 aliphatic rings. The van der Waals surface area contributed by atoms with Gasteiger partial charge in [0.25, 0.3) is 0 Å². The lowest BCUT2D eigenvalue weighted by Crippen LogP contribution is -2.09. The van der Waals surface area contributed by atoms with Gasteiger partial charge < -0.3 is 4.90 Å². The van der Waals surface area contributed by atoms with Crippen LogP contribution in [0, 0.1) is 0 Å². The summed E-state index contributed by atoms with van der Waals surface area (Å²) in [6, 6.07) is 68.1. The van der Waals surface area contributed by atoms with E-state index >= 15 is 0 Å². The second-order valence-electron chi connectivity index (χ2n) is 12.2. The molecule has 47 heavy (non-hydrogen) atoms. The molecular weight excluding hydrogens is 567 g/mol. The molecule has 0 radical (unpaired) electrons. The van der Waals surface area contributed by atoms with Gasteiger partial charge in [-0.1, -0.05) is 133 Å². The molecule has 0 saturated heterocycles. The first-order valence-corrected chi connectivity index (χ1v) is 16.2. The van der Waals surface area contributed by atoms with Crippen LogP contribution in [0.5, 0.6) is 0 Å². The molecule has 0 saturated carbocycles. The summed E-state index contributed by atoms with van der Waals surface area (Å²) >= 11 is 0. The van der Waals surface area contributed by atoms with Crippen LogP contribution in [0.15, 0.2) is 188 Å². The molecular formula is C46H31N. The third-order valence-electron chi connectivity index (χ3n) is 9.39. The van der Waals surface area contributed by atoms with Crippen molar-refractivity contribution in [1.29, 1.82) is 0 Å². The highest BCUT2D eigenvalue weighted by atomic mass is 15.1. The average molecular weight is 598 g/mol. The standard InChI is InChI=1S/C46H31N/c1-3-13-39(14-4-1)47(40-15-5-2-6-16-40)41-26-23-32(24-27-41)34-19-20-36-30-38(22-21-35(36)29-34)45-31-37-12-8-10-18-43(37)46-42-17-9-7-11-33(42)25-28-44(45)46/h1-31H. The first-order valence-electron chi connectivity index (χ1n) is 16.2. The van der Waals surface area contributed by atoms with Gasteiger partial charge in [0.05, 0.1) is 0 Å². The van der Waals surface area contributed by atoms with E-state index in [0.717, 1.165) is 17.1 Å². The highest BCUT2D eigenvalue weighted by molar-refractivity contribution is 6.24. The molecule has 0 amide bonds. The zero-order valence-corrected chi connectivity index (χ0v) is 25.8. The van der Waals surface area contributed by atoms with E-state index in [1.807, 2.05) is 0 Å². The van der Waals surface area contributed by atoms with Crippen molar-refractivity contribution in [1.82, 2.24) is 0 Å². The highest BCUT2D eigenvalue weighted by Crippen LogP contribution is 2.40.